The third-order valence-electron chi connectivity index (χ3n) is 8.99. The first-order valence-electron chi connectivity index (χ1n) is 14.4. The molecule has 1 unspecified atom stereocenters. The van der Waals surface area contributed by atoms with E-state index in [1.807, 2.05) is 30.0 Å². The summed E-state index contributed by atoms with van der Waals surface area (Å²) in [6, 6.07) is 12.4. The number of fused-ring (bicyclic) bond motifs is 3. The number of hydrogen-bond acceptors (Lipinski definition) is 5. The zero-order chi connectivity index (χ0) is 28.0. The maximum atomic E-state index is 12.7. The Kier molecular flexibility index (Phi) is 6.98. The summed E-state index contributed by atoms with van der Waals surface area (Å²) in [6.45, 7) is 2.80. The van der Waals surface area contributed by atoms with Gasteiger partial charge in [0.2, 0.25) is 5.91 Å². The number of aliphatic carboxylic acids is 1. The van der Waals surface area contributed by atoms with Gasteiger partial charge in [-0.2, -0.15) is 0 Å². The highest BCUT2D eigenvalue weighted by atomic mass is 16.5. The zero-order valence-electron chi connectivity index (χ0n) is 23.1. The number of rotatable bonds is 5. The van der Waals surface area contributed by atoms with Crippen LogP contribution in [0.2, 0.25) is 0 Å². The van der Waals surface area contributed by atoms with E-state index < -0.39 is 5.97 Å². The van der Waals surface area contributed by atoms with Crippen molar-refractivity contribution in [3.05, 3.63) is 53.3 Å². The molecule has 3 aromatic rings. The van der Waals surface area contributed by atoms with Crippen LogP contribution in [-0.4, -0.2) is 52.3 Å². The molecular formula is C31H36N4O5. The molecule has 2 aromatic carbocycles. The van der Waals surface area contributed by atoms with Gasteiger partial charge in [0.1, 0.15) is 5.82 Å². The number of benzene rings is 2. The number of carboxylic acids is 1. The monoisotopic (exact) mass is 544 g/mol. The normalized spacial score (nSPS) is 22.9. The number of ether oxygens (including phenoxy) is 1. The van der Waals surface area contributed by atoms with Gasteiger partial charge in [0.05, 0.1) is 29.7 Å². The highest BCUT2D eigenvalue weighted by Crippen LogP contribution is 2.40. The quantitative estimate of drug-likeness (QED) is 0.456. The van der Waals surface area contributed by atoms with Gasteiger partial charge >= 0.3 is 12.1 Å². The van der Waals surface area contributed by atoms with Gasteiger partial charge in [-0.25, -0.2) is 9.78 Å². The molecule has 0 spiro atoms. The van der Waals surface area contributed by atoms with Gasteiger partial charge < -0.3 is 19.3 Å². The Bertz CT molecular complexity index is 1450. The number of nitrogens with zero attached hydrogens (tertiary/aromatic N) is 4. The fraction of sp³-hybridized carbons (Fsp3) is 0.484. The lowest BCUT2D eigenvalue weighted by Gasteiger charge is -2.34. The van der Waals surface area contributed by atoms with E-state index in [1.54, 1.807) is 4.90 Å². The second-order valence-corrected chi connectivity index (χ2v) is 11.4. The van der Waals surface area contributed by atoms with Gasteiger partial charge in [0.25, 0.3) is 0 Å². The fourth-order valence-electron chi connectivity index (χ4n) is 6.83. The van der Waals surface area contributed by atoms with Crippen molar-refractivity contribution >= 4 is 40.4 Å². The molecule has 40 heavy (non-hydrogen) atoms. The topological polar surface area (TPSA) is 105 Å². The maximum Gasteiger partial charge on any atom is 0.414 e. The Labute approximate surface area is 233 Å². The van der Waals surface area contributed by atoms with Crippen molar-refractivity contribution in [2.24, 2.45) is 5.92 Å². The molecular weight excluding hydrogens is 508 g/mol. The molecule has 1 saturated carbocycles. The van der Waals surface area contributed by atoms with E-state index in [0.29, 0.717) is 25.7 Å². The van der Waals surface area contributed by atoms with Crippen LogP contribution in [0.25, 0.3) is 11.0 Å². The first kappa shape index (κ1) is 26.3. The molecule has 210 valence electrons. The molecule has 9 heteroatoms. The number of anilines is 2. The number of aryl methyl sites for hydroxylation is 1. The Balaban J connectivity index is 1.39. The summed E-state index contributed by atoms with van der Waals surface area (Å²) in [5.74, 6) is 0.108. The van der Waals surface area contributed by atoms with Crippen molar-refractivity contribution in [3.63, 3.8) is 0 Å². The number of hydrogen-bond donors (Lipinski definition) is 1. The lowest BCUT2D eigenvalue weighted by molar-refractivity contribution is -0.143. The molecule has 2 amide bonds. The average Bonchev–Trinajstić information content (AvgIpc) is 3.56. The van der Waals surface area contributed by atoms with Crippen molar-refractivity contribution in [3.8, 4) is 0 Å². The van der Waals surface area contributed by atoms with Crippen LogP contribution >= 0.6 is 0 Å². The van der Waals surface area contributed by atoms with Crippen LogP contribution in [0.15, 0.2) is 36.4 Å². The van der Waals surface area contributed by atoms with Crippen LogP contribution in [0.5, 0.6) is 0 Å². The molecule has 1 aliphatic carbocycles. The minimum atomic E-state index is -0.711. The third kappa shape index (κ3) is 4.61. The van der Waals surface area contributed by atoms with Crippen molar-refractivity contribution in [2.45, 2.75) is 76.8 Å². The van der Waals surface area contributed by atoms with Crippen molar-refractivity contribution < 1.29 is 24.2 Å². The lowest BCUT2D eigenvalue weighted by atomic mass is 9.85. The second kappa shape index (κ2) is 10.6. The largest absolute Gasteiger partial charge is 0.481 e. The average molecular weight is 545 g/mol. The highest BCUT2D eigenvalue weighted by Gasteiger charge is 2.33. The van der Waals surface area contributed by atoms with E-state index in [4.69, 9.17) is 9.72 Å². The molecule has 1 aromatic heterocycles. The molecule has 0 bridgehead atoms. The smallest absolute Gasteiger partial charge is 0.414 e. The molecule has 6 rings (SSSR count). The summed E-state index contributed by atoms with van der Waals surface area (Å²) >= 11 is 0. The van der Waals surface area contributed by atoms with Gasteiger partial charge in [0, 0.05) is 42.7 Å². The van der Waals surface area contributed by atoms with E-state index in [0.717, 1.165) is 78.0 Å². The number of aromatic nitrogens is 2. The predicted molar refractivity (Wildman–Crippen MR) is 152 cm³/mol. The number of imidazole rings is 1. The molecule has 3 heterocycles. The van der Waals surface area contributed by atoms with Crippen LogP contribution in [0.1, 0.15) is 74.9 Å². The van der Waals surface area contributed by atoms with Gasteiger partial charge in [0.15, 0.2) is 0 Å². The van der Waals surface area contributed by atoms with Gasteiger partial charge in [-0.05, 0) is 81.7 Å². The van der Waals surface area contributed by atoms with Crippen LogP contribution in [0.4, 0.5) is 16.2 Å². The SMILES string of the molecule is COC(=O)N1c2ccc3c(nc(Cc4ccc(N5CCCC5=O)cc4)n3C3CCC(C(=O)O)CC3)c2CCC1C. The van der Waals surface area contributed by atoms with Gasteiger partial charge in [-0.1, -0.05) is 12.1 Å². The molecule has 1 N–H and O–H groups in total. The molecule has 1 atom stereocenters. The van der Waals surface area contributed by atoms with Gasteiger partial charge in [-0.15, -0.1) is 0 Å². The van der Waals surface area contributed by atoms with E-state index in [2.05, 4.69) is 22.8 Å². The number of methoxy groups -OCH3 is 1. The summed E-state index contributed by atoms with van der Waals surface area (Å²) in [6.07, 6.45) is 6.27. The predicted octanol–water partition coefficient (Wildman–Crippen LogP) is 5.48. The fourth-order valence-corrected chi connectivity index (χ4v) is 6.83. The van der Waals surface area contributed by atoms with E-state index in [1.165, 1.54) is 7.11 Å². The van der Waals surface area contributed by atoms with E-state index in [-0.39, 0.29) is 30.0 Å². The molecule has 2 aliphatic heterocycles. The van der Waals surface area contributed by atoms with Crippen molar-refractivity contribution in [1.82, 2.24) is 9.55 Å². The molecule has 2 fully saturated rings. The van der Waals surface area contributed by atoms with Crippen LogP contribution in [0.3, 0.4) is 0 Å². The Morgan fingerprint density at radius 2 is 1.77 bits per heavy atom. The van der Waals surface area contributed by atoms with Crippen LogP contribution < -0.4 is 9.80 Å². The van der Waals surface area contributed by atoms with Crippen LogP contribution in [-0.2, 0) is 27.2 Å². The number of carbonyl (C=O) groups excluding carboxylic acids is 2. The summed E-state index contributed by atoms with van der Waals surface area (Å²) in [5.41, 5.74) is 5.88. The number of carbonyl (C=O) groups is 3. The molecule has 9 nitrogen and oxygen atoms in total. The zero-order valence-corrected chi connectivity index (χ0v) is 23.1. The Morgan fingerprint density at radius 1 is 1.02 bits per heavy atom. The summed E-state index contributed by atoms with van der Waals surface area (Å²) in [4.78, 5) is 45.3. The van der Waals surface area contributed by atoms with E-state index in [9.17, 15) is 19.5 Å². The standard InChI is InChI=1S/C31H36N4O5/c1-19-5-14-24-25(34(19)31(39)40-2)15-16-26-29(24)32-27(35(26)23-12-8-21(9-13-23)30(37)38)18-20-6-10-22(11-7-20)33-17-3-4-28(33)36/h6-7,10-11,15-16,19,21,23H,3-5,8-9,12-14,17-18H2,1-2H3,(H,37,38). The highest BCUT2D eigenvalue weighted by molar-refractivity contribution is 5.96. The first-order valence-corrected chi connectivity index (χ1v) is 14.4. The van der Waals surface area contributed by atoms with Crippen LogP contribution in [0, 0.1) is 5.92 Å². The molecule has 0 radical (unpaired) electrons. The van der Waals surface area contributed by atoms with E-state index >= 15 is 0 Å². The number of amides is 2. The van der Waals surface area contributed by atoms with Gasteiger partial charge in [-0.3, -0.25) is 14.5 Å². The summed E-state index contributed by atoms with van der Waals surface area (Å²) in [7, 11) is 1.41. The third-order valence-corrected chi connectivity index (χ3v) is 8.99. The molecule has 3 aliphatic rings. The Morgan fingerprint density at radius 3 is 2.42 bits per heavy atom. The summed E-state index contributed by atoms with van der Waals surface area (Å²) in [5, 5.41) is 9.55. The second-order valence-electron chi connectivity index (χ2n) is 11.4. The number of carboxylic acid groups (broad SMARTS) is 1. The van der Waals surface area contributed by atoms with Crippen molar-refractivity contribution in [1.29, 1.82) is 0 Å². The minimum Gasteiger partial charge on any atom is -0.481 e. The maximum absolute atomic E-state index is 12.7. The molecule has 1 saturated heterocycles. The lowest BCUT2D eigenvalue weighted by Crippen LogP contribution is -2.42. The van der Waals surface area contributed by atoms with Crippen molar-refractivity contribution in [2.75, 3.05) is 23.5 Å². The Hall–Kier alpha value is -3.88. The minimum absolute atomic E-state index is 0.0336. The first-order chi connectivity index (χ1) is 19.4. The summed E-state index contributed by atoms with van der Waals surface area (Å²) < 4.78 is 7.43.